The fourth-order valence-corrected chi connectivity index (χ4v) is 3.06. The molecule has 4 heteroatoms. The van der Waals surface area contributed by atoms with Crippen LogP contribution in [0.5, 0.6) is 0 Å². The van der Waals surface area contributed by atoms with E-state index in [-0.39, 0.29) is 17.3 Å². The highest BCUT2D eigenvalue weighted by Crippen LogP contribution is 2.30. The number of aromatic nitrogens is 2. The highest BCUT2D eigenvalue weighted by molar-refractivity contribution is 5.33. The lowest BCUT2D eigenvalue weighted by Crippen LogP contribution is -2.40. The minimum atomic E-state index is -0.260. The first-order valence-corrected chi connectivity index (χ1v) is 7.95. The average molecular weight is 308 g/mol. The zero-order chi connectivity index (χ0) is 16.2. The molecule has 3 rings (SSSR count). The van der Waals surface area contributed by atoms with E-state index in [0.717, 1.165) is 18.4 Å². The van der Waals surface area contributed by atoms with E-state index in [1.807, 2.05) is 43.3 Å². The van der Waals surface area contributed by atoms with Gasteiger partial charge in [0.25, 0.3) is 5.56 Å². The lowest BCUT2D eigenvalue weighted by molar-refractivity contribution is 0.540. The van der Waals surface area contributed by atoms with E-state index in [1.165, 1.54) is 16.2 Å². The van der Waals surface area contributed by atoms with Crippen molar-refractivity contribution in [3.8, 4) is 0 Å². The van der Waals surface area contributed by atoms with Crippen molar-refractivity contribution in [2.24, 2.45) is 0 Å². The average Bonchev–Trinajstić information content (AvgIpc) is 2.60. The number of hydrogen-bond acceptors (Lipinski definition) is 2. The molecule has 0 saturated carbocycles. The van der Waals surface area contributed by atoms with Gasteiger partial charge in [0.15, 0.2) is 0 Å². The van der Waals surface area contributed by atoms with E-state index in [0.29, 0.717) is 6.54 Å². The Morgan fingerprint density at radius 3 is 2.57 bits per heavy atom. The highest BCUT2D eigenvalue weighted by atomic mass is 16.2. The van der Waals surface area contributed by atoms with Gasteiger partial charge >= 0.3 is 5.69 Å². The molecule has 0 aliphatic heterocycles. The van der Waals surface area contributed by atoms with E-state index in [4.69, 9.17) is 0 Å². The van der Waals surface area contributed by atoms with Crippen LogP contribution in [0.2, 0.25) is 0 Å². The molecule has 0 saturated heterocycles. The Bertz CT molecular complexity index is 857. The van der Waals surface area contributed by atoms with Crippen molar-refractivity contribution < 1.29 is 0 Å². The van der Waals surface area contributed by atoms with Gasteiger partial charge < -0.3 is 0 Å². The summed E-state index contributed by atoms with van der Waals surface area (Å²) in [5.41, 5.74) is 1.72. The van der Waals surface area contributed by atoms with Gasteiger partial charge in [-0.3, -0.25) is 13.9 Å². The summed E-state index contributed by atoms with van der Waals surface area (Å²) >= 11 is 0. The number of benzene rings is 1. The minimum absolute atomic E-state index is 0.174. The van der Waals surface area contributed by atoms with E-state index in [9.17, 15) is 9.59 Å². The molecule has 2 aromatic rings. The standard InChI is InChI=1S/C19H20N2O2/c1-2-20-17(22)13-14-21(19(20)23)18(15-9-5-3-6-10-15)16-11-7-4-8-12-16/h3-7,9-11,13-14,18H,2,8,12H2,1H3. The second kappa shape index (κ2) is 6.65. The van der Waals surface area contributed by atoms with Crippen molar-refractivity contribution in [3.63, 3.8) is 0 Å². The molecule has 0 spiro atoms. The van der Waals surface area contributed by atoms with Crippen molar-refractivity contribution in [1.29, 1.82) is 0 Å². The maximum atomic E-state index is 12.8. The molecule has 1 unspecified atom stereocenters. The third kappa shape index (κ3) is 2.97. The van der Waals surface area contributed by atoms with Gasteiger partial charge in [0.2, 0.25) is 0 Å². The van der Waals surface area contributed by atoms with E-state index in [1.54, 1.807) is 10.8 Å². The molecule has 0 amide bonds. The van der Waals surface area contributed by atoms with Crippen molar-refractivity contribution >= 4 is 0 Å². The van der Waals surface area contributed by atoms with Gasteiger partial charge in [0.05, 0.1) is 6.04 Å². The predicted molar refractivity (Wildman–Crippen MR) is 91.7 cm³/mol. The van der Waals surface area contributed by atoms with Crippen LogP contribution < -0.4 is 11.2 Å². The maximum absolute atomic E-state index is 12.8. The molecule has 1 aliphatic carbocycles. The topological polar surface area (TPSA) is 44.0 Å². The second-order valence-electron chi connectivity index (χ2n) is 5.61. The smallest absolute Gasteiger partial charge is 0.289 e. The third-order valence-electron chi connectivity index (χ3n) is 4.20. The van der Waals surface area contributed by atoms with E-state index < -0.39 is 0 Å². The van der Waals surface area contributed by atoms with Gasteiger partial charge in [0, 0.05) is 18.8 Å². The van der Waals surface area contributed by atoms with Crippen molar-refractivity contribution in [2.75, 3.05) is 0 Å². The summed E-state index contributed by atoms with van der Waals surface area (Å²) in [4.78, 5) is 24.6. The van der Waals surface area contributed by atoms with Crippen LogP contribution in [0.1, 0.15) is 31.4 Å². The molecule has 1 atom stereocenters. The molecule has 0 radical (unpaired) electrons. The molecular weight excluding hydrogens is 288 g/mol. The van der Waals surface area contributed by atoms with Crippen LogP contribution in [0.3, 0.4) is 0 Å². The Balaban J connectivity index is 2.21. The van der Waals surface area contributed by atoms with Gasteiger partial charge in [-0.2, -0.15) is 0 Å². The quantitative estimate of drug-likeness (QED) is 0.871. The zero-order valence-corrected chi connectivity index (χ0v) is 13.2. The Morgan fingerprint density at radius 2 is 1.91 bits per heavy atom. The summed E-state index contributed by atoms with van der Waals surface area (Å²) in [6.45, 7) is 2.19. The first-order chi connectivity index (χ1) is 11.2. The van der Waals surface area contributed by atoms with Crippen LogP contribution in [0, 0.1) is 0 Å². The fraction of sp³-hybridized carbons (Fsp3) is 0.263. The van der Waals surface area contributed by atoms with Crippen LogP contribution in [-0.4, -0.2) is 9.13 Å². The monoisotopic (exact) mass is 308 g/mol. The molecular formula is C19H20N2O2. The van der Waals surface area contributed by atoms with E-state index in [2.05, 4.69) is 12.2 Å². The van der Waals surface area contributed by atoms with Gasteiger partial charge in [-0.05, 0) is 30.9 Å². The lowest BCUT2D eigenvalue weighted by Gasteiger charge is -2.25. The number of hydrogen-bond donors (Lipinski definition) is 0. The summed E-state index contributed by atoms with van der Waals surface area (Å²) in [6, 6.07) is 11.3. The molecule has 1 heterocycles. The van der Waals surface area contributed by atoms with Crippen molar-refractivity contribution in [2.45, 2.75) is 32.4 Å². The van der Waals surface area contributed by atoms with Crippen molar-refractivity contribution in [3.05, 3.63) is 92.8 Å². The molecule has 23 heavy (non-hydrogen) atoms. The molecule has 118 valence electrons. The molecule has 1 aromatic heterocycles. The molecule has 1 aliphatic rings. The highest BCUT2D eigenvalue weighted by Gasteiger charge is 2.21. The SMILES string of the molecule is CCn1c(=O)ccn(C(C2=CC=CCC2)c2ccccc2)c1=O. The maximum Gasteiger partial charge on any atom is 0.331 e. The second-order valence-corrected chi connectivity index (χ2v) is 5.61. The first kappa shape index (κ1) is 15.3. The zero-order valence-electron chi connectivity index (χ0n) is 13.2. The summed E-state index contributed by atoms with van der Waals surface area (Å²) in [7, 11) is 0. The van der Waals surface area contributed by atoms with Gasteiger partial charge in [0.1, 0.15) is 0 Å². The van der Waals surface area contributed by atoms with Crippen LogP contribution in [0.25, 0.3) is 0 Å². The van der Waals surface area contributed by atoms with Gasteiger partial charge in [-0.15, -0.1) is 0 Å². The fourth-order valence-electron chi connectivity index (χ4n) is 3.06. The summed E-state index contributed by atoms with van der Waals surface area (Å²) in [5.74, 6) is 0. The Morgan fingerprint density at radius 1 is 1.13 bits per heavy atom. The summed E-state index contributed by atoms with van der Waals surface area (Å²) in [5, 5.41) is 0. The third-order valence-corrected chi connectivity index (χ3v) is 4.20. The summed E-state index contributed by atoms with van der Waals surface area (Å²) < 4.78 is 2.94. The molecule has 0 fully saturated rings. The Labute approximate surface area is 135 Å². The van der Waals surface area contributed by atoms with Crippen LogP contribution >= 0.6 is 0 Å². The van der Waals surface area contributed by atoms with Crippen LogP contribution in [0.15, 0.2) is 76.0 Å². The Hall–Kier alpha value is -2.62. The van der Waals surface area contributed by atoms with Crippen LogP contribution in [0.4, 0.5) is 0 Å². The Kier molecular flexibility index (Phi) is 4.42. The number of rotatable bonds is 4. The minimum Gasteiger partial charge on any atom is -0.289 e. The number of nitrogens with zero attached hydrogens (tertiary/aromatic N) is 2. The molecule has 4 nitrogen and oxygen atoms in total. The van der Waals surface area contributed by atoms with Gasteiger partial charge in [-0.1, -0.05) is 48.6 Å². The normalized spacial score (nSPS) is 15.3. The lowest BCUT2D eigenvalue weighted by atomic mass is 9.92. The molecule has 1 aromatic carbocycles. The van der Waals surface area contributed by atoms with Crippen LogP contribution in [-0.2, 0) is 6.54 Å². The first-order valence-electron chi connectivity index (χ1n) is 7.95. The largest absolute Gasteiger partial charge is 0.331 e. The predicted octanol–water partition coefficient (Wildman–Crippen LogP) is 2.90. The van der Waals surface area contributed by atoms with Gasteiger partial charge in [-0.25, -0.2) is 4.79 Å². The molecule has 0 N–H and O–H groups in total. The van der Waals surface area contributed by atoms with E-state index >= 15 is 0 Å². The molecule has 0 bridgehead atoms. The number of allylic oxidation sites excluding steroid dienone is 4. The summed E-state index contributed by atoms with van der Waals surface area (Å²) in [6.07, 6.45) is 9.74. The van der Waals surface area contributed by atoms with Crippen molar-refractivity contribution in [1.82, 2.24) is 9.13 Å².